The summed E-state index contributed by atoms with van der Waals surface area (Å²) in [5.41, 5.74) is 10.6. The van der Waals surface area contributed by atoms with Crippen molar-refractivity contribution in [1.82, 2.24) is 15.5 Å². The zero-order valence-corrected chi connectivity index (χ0v) is 17.5. The lowest BCUT2D eigenvalue weighted by molar-refractivity contribution is -0.148. The van der Waals surface area contributed by atoms with Crippen molar-refractivity contribution >= 4 is 35.6 Å². The summed E-state index contributed by atoms with van der Waals surface area (Å²) in [6.45, 7) is 1.25. The van der Waals surface area contributed by atoms with Crippen molar-refractivity contribution in [2.75, 3.05) is 6.54 Å². The topological polar surface area (TPSA) is 242 Å². The van der Waals surface area contributed by atoms with Gasteiger partial charge in [0.25, 0.3) is 0 Å². The van der Waals surface area contributed by atoms with E-state index in [1.807, 2.05) is 0 Å². The van der Waals surface area contributed by atoms with E-state index >= 15 is 0 Å². The summed E-state index contributed by atoms with van der Waals surface area (Å²) in [5, 5.41) is 32.2. The van der Waals surface area contributed by atoms with Crippen LogP contribution in [0.15, 0.2) is 0 Å². The molecule has 1 aliphatic heterocycles. The second-order valence-corrected chi connectivity index (χ2v) is 7.53. The molecule has 1 fully saturated rings. The van der Waals surface area contributed by atoms with Crippen LogP contribution >= 0.6 is 0 Å². The summed E-state index contributed by atoms with van der Waals surface area (Å²) in [4.78, 5) is 72.1. The van der Waals surface area contributed by atoms with Gasteiger partial charge in [0.2, 0.25) is 23.6 Å². The minimum atomic E-state index is -1.60. The summed E-state index contributed by atoms with van der Waals surface area (Å²) in [7, 11) is 0. The predicted octanol–water partition coefficient (Wildman–Crippen LogP) is -3.52. The number of aliphatic carboxylic acids is 2. The van der Waals surface area contributed by atoms with E-state index in [0.717, 1.165) is 4.90 Å². The van der Waals surface area contributed by atoms with Crippen LogP contribution in [0, 0.1) is 0 Å². The van der Waals surface area contributed by atoms with Crippen molar-refractivity contribution in [2.45, 2.75) is 69.3 Å². The Bertz CT molecular complexity index is 757. The first-order chi connectivity index (χ1) is 14.8. The summed E-state index contributed by atoms with van der Waals surface area (Å²) < 4.78 is 0. The molecule has 1 aliphatic rings. The van der Waals surface area contributed by atoms with Gasteiger partial charge in [-0.2, -0.15) is 0 Å². The molecule has 1 heterocycles. The molecule has 180 valence electrons. The van der Waals surface area contributed by atoms with Gasteiger partial charge in [0.1, 0.15) is 12.1 Å². The smallest absolute Gasteiger partial charge is 0.328 e. The number of hydrogen-bond donors (Lipinski definition) is 7. The lowest BCUT2D eigenvalue weighted by Gasteiger charge is -2.29. The Hall–Kier alpha value is -3.26. The molecule has 0 radical (unpaired) electrons. The Morgan fingerprint density at radius 1 is 1.12 bits per heavy atom. The van der Waals surface area contributed by atoms with E-state index in [-0.39, 0.29) is 25.8 Å². The van der Waals surface area contributed by atoms with Crippen molar-refractivity contribution in [2.24, 2.45) is 11.5 Å². The molecule has 4 amide bonds. The molecule has 9 N–H and O–H groups in total. The Kier molecular flexibility index (Phi) is 10.00. The zero-order valence-electron chi connectivity index (χ0n) is 17.5. The highest BCUT2D eigenvalue weighted by atomic mass is 16.4. The minimum Gasteiger partial charge on any atom is -0.481 e. The van der Waals surface area contributed by atoms with E-state index < -0.39 is 72.3 Å². The number of primary amides is 1. The van der Waals surface area contributed by atoms with E-state index in [1.54, 1.807) is 0 Å². The van der Waals surface area contributed by atoms with Crippen LogP contribution in [-0.2, 0) is 28.8 Å². The maximum Gasteiger partial charge on any atom is 0.328 e. The molecule has 5 unspecified atom stereocenters. The first-order valence-corrected chi connectivity index (χ1v) is 9.92. The van der Waals surface area contributed by atoms with Gasteiger partial charge in [-0.3, -0.25) is 24.0 Å². The molecule has 0 aliphatic carbocycles. The third-order valence-electron chi connectivity index (χ3n) is 4.92. The summed E-state index contributed by atoms with van der Waals surface area (Å²) in [6.07, 6.45) is -1.93. The maximum atomic E-state index is 13.0. The van der Waals surface area contributed by atoms with Crippen LogP contribution in [0.2, 0.25) is 0 Å². The zero-order chi connectivity index (χ0) is 24.6. The molecule has 32 heavy (non-hydrogen) atoms. The van der Waals surface area contributed by atoms with Crippen molar-refractivity contribution in [3.8, 4) is 0 Å². The van der Waals surface area contributed by atoms with Gasteiger partial charge in [0.05, 0.1) is 18.6 Å². The summed E-state index contributed by atoms with van der Waals surface area (Å²) in [6, 6.07) is -5.47. The van der Waals surface area contributed by atoms with E-state index in [0.29, 0.717) is 6.42 Å². The fourth-order valence-corrected chi connectivity index (χ4v) is 3.22. The van der Waals surface area contributed by atoms with Crippen LogP contribution in [0.4, 0.5) is 0 Å². The number of nitrogens with two attached hydrogens (primary N) is 2. The van der Waals surface area contributed by atoms with E-state index in [9.17, 15) is 33.9 Å². The standard InChI is InChI=1S/C18H29N5O9/c1-8(24)14(18(31)32)22-16(29)11-3-2-6-23(11)17(30)10(7-13(26)27)21-15(28)9(19)4-5-12(20)25/h8-11,14,24H,2-7,19H2,1H3,(H2,20,25)(H,21,28)(H,22,29)(H,26,27)(H,31,32). The van der Waals surface area contributed by atoms with Crippen molar-refractivity contribution in [3.05, 3.63) is 0 Å². The molecule has 1 saturated heterocycles. The minimum absolute atomic E-state index is 0.0725. The number of nitrogens with zero attached hydrogens (tertiary/aromatic N) is 1. The van der Waals surface area contributed by atoms with Gasteiger partial charge in [-0.15, -0.1) is 0 Å². The number of carboxylic acid groups (broad SMARTS) is 2. The molecule has 0 aromatic heterocycles. The van der Waals surface area contributed by atoms with E-state index in [4.69, 9.17) is 21.7 Å². The van der Waals surface area contributed by atoms with Crippen LogP contribution in [0.5, 0.6) is 0 Å². The molecule has 14 nitrogen and oxygen atoms in total. The highest BCUT2D eigenvalue weighted by Gasteiger charge is 2.40. The van der Waals surface area contributed by atoms with Crippen LogP contribution in [0.1, 0.15) is 39.0 Å². The number of aliphatic hydroxyl groups excluding tert-OH is 1. The molecule has 0 spiro atoms. The molecular weight excluding hydrogens is 430 g/mol. The first kappa shape index (κ1) is 26.8. The summed E-state index contributed by atoms with van der Waals surface area (Å²) in [5.74, 6) is -6.10. The van der Waals surface area contributed by atoms with Crippen LogP contribution in [0.25, 0.3) is 0 Å². The number of amides is 4. The lowest BCUT2D eigenvalue weighted by atomic mass is 10.1. The van der Waals surface area contributed by atoms with E-state index in [2.05, 4.69) is 10.6 Å². The SMILES string of the molecule is CC(O)C(NC(=O)C1CCCN1C(=O)C(CC(=O)O)NC(=O)C(N)CCC(N)=O)C(=O)O. The number of likely N-dealkylation sites (tertiary alicyclic amines) is 1. The first-order valence-electron chi connectivity index (χ1n) is 9.92. The van der Waals surface area contributed by atoms with Crippen molar-refractivity contribution in [3.63, 3.8) is 0 Å². The van der Waals surface area contributed by atoms with Gasteiger partial charge in [-0.25, -0.2) is 4.79 Å². The second kappa shape index (κ2) is 12.0. The third kappa shape index (κ3) is 7.77. The highest BCUT2D eigenvalue weighted by Crippen LogP contribution is 2.20. The molecule has 5 atom stereocenters. The molecule has 0 bridgehead atoms. The van der Waals surface area contributed by atoms with Gasteiger partial charge < -0.3 is 42.3 Å². The number of hydrogen-bond acceptors (Lipinski definition) is 8. The fraction of sp³-hybridized carbons (Fsp3) is 0.667. The second-order valence-electron chi connectivity index (χ2n) is 7.53. The monoisotopic (exact) mass is 459 g/mol. The Labute approximate surface area is 183 Å². The quantitative estimate of drug-likeness (QED) is 0.152. The average molecular weight is 459 g/mol. The van der Waals surface area contributed by atoms with Crippen LogP contribution < -0.4 is 22.1 Å². The molecule has 0 saturated carbocycles. The summed E-state index contributed by atoms with van der Waals surface area (Å²) >= 11 is 0. The fourth-order valence-electron chi connectivity index (χ4n) is 3.22. The van der Waals surface area contributed by atoms with Crippen LogP contribution in [-0.4, -0.2) is 92.6 Å². The number of aliphatic hydroxyl groups is 1. The Morgan fingerprint density at radius 3 is 2.25 bits per heavy atom. The number of carboxylic acids is 2. The van der Waals surface area contributed by atoms with Crippen molar-refractivity contribution in [1.29, 1.82) is 0 Å². The van der Waals surface area contributed by atoms with E-state index in [1.165, 1.54) is 6.92 Å². The van der Waals surface area contributed by atoms with Crippen LogP contribution in [0.3, 0.4) is 0 Å². The average Bonchev–Trinajstić information content (AvgIpc) is 3.17. The van der Waals surface area contributed by atoms with Gasteiger partial charge in [-0.05, 0) is 26.2 Å². The number of carbonyl (C=O) groups excluding carboxylic acids is 4. The molecule has 1 rings (SSSR count). The largest absolute Gasteiger partial charge is 0.481 e. The predicted molar refractivity (Wildman–Crippen MR) is 107 cm³/mol. The Balaban J connectivity index is 2.94. The lowest BCUT2D eigenvalue weighted by Crippen LogP contribution is -2.58. The van der Waals surface area contributed by atoms with Crippen molar-refractivity contribution < 1.29 is 44.1 Å². The van der Waals surface area contributed by atoms with Gasteiger partial charge >= 0.3 is 11.9 Å². The molecule has 14 heteroatoms. The van der Waals surface area contributed by atoms with Gasteiger partial charge in [0, 0.05) is 13.0 Å². The number of carbonyl (C=O) groups is 6. The molecule has 0 aromatic carbocycles. The Morgan fingerprint density at radius 2 is 1.75 bits per heavy atom. The van der Waals surface area contributed by atoms with Gasteiger partial charge in [0.15, 0.2) is 6.04 Å². The number of rotatable bonds is 12. The maximum absolute atomic E-state index is 13.0. The highest BCUT2D eigenvalue weighted by molar-refractivity contribution is 5.96. The van der Waals surface area contributed by atoms with Gasteiger partial charge in [-0.1, -0.05) is 0 Å². The third-order valence-corrected chi connectivity index (χ3v) is 4.92. The normalized spacial score (nSPS) is 19.3. The molecular formula is C18H29N5O9. The molecule has 0 aromatic rings. The number of nitrogens with one attached hydrogen (secondary N) is 2.